The first kappa shape index (κ1) is 11.0. The maximum atomic E-state index is 4.59. The fourth-order valence-electron chi connectivity index (χ4n) is 1.37. The minimum absolute atomic E-state index is 0.486. The molecule has 0 radical (unpaired) electrons. The maximum Gasteiger partial charge on any atom is 0.161 e. The number of thioether (sulfide) groups is 1. The summed E-state index contributed by atoms with van der Waals surface area (Å²) in [6.07, 6.45) is 1.12. The molecule has 0 fully saturated rings. The van der Waals surface area contributed by atoms with Crippen molar-refractivity contribution in [1.82, 2.24) is 0 Å². The molecule has 4 heteroatoms. The number of amidine groups is 1. The number of hydrogen-bond acceptors (Lipinski definition) is 3. The molecule has 1 aliphatic rings. The molecule has 2 nitrogen and oxygen atoms in total. The highest BCUT2D eigenvalue weighted by molar-refractivity contribution is 9.10. The van der Waals surface area contributed by atoms with E-state index in [2.05, 4.69) is 33.2 Å². The fraction of sp³-hybridized carbons (Fsp3) is 0.364. The smallest absolute Gasteiger partial charge is 0.161 e. The van der Waals surface area contributed by atoms with Crippen molar-refractivity contribution in [3.8, 4) is 0 Å². The molecule has 0 amide bonds. The van der Waals surface area contributed by atoms with Crippen LogP contribution >= 0.6 is 27.7 Å². The molecule has 0 bridgehead atoms. The highest BCUT2D eigenvalue weighted by Crippen LogP contribution is 2.26. The Bertz CT molecular complexity index is 379. The van der Waals surface area contributed by atoms with Crippen LogP contribution in [-0.4, -0.2) is 17.0 Å². The van der Waals surface area contributed by atoms with Gasteiger partial charge in [0.25, 0.3) is 0 Å². The van der Waals surface area contributed by atoms with Gasteiger partial charge in [0, 0.05) is 10.2 Å². The van der Waals surface area contributed by atoms with Gasteiger partial charge in [-0.2, -0.15) is 0 Å². The minimum Gasteiger partial charge on any atom is -0.334 e. The normalized spacial score (nSPS) is 20.1. The zero-order chi connectivity index (χ0) is 10.7. The van der Waals surface area contributed by atoms with Gasteiger partial charge < -0.3 is 5.32 Å². The van der Waals surface area contributed by atoms with Gasteiger partial charge in [-0.3, -0.25) is 4.99 Å². The second-order valence-corrected chi connectivity index (χ2v) is 5.28. The molecule has 0 saturated carbocycles. The lowest BCUT2D eigenvalue weighted by Gasteiger charge is -2.06. The number of rotatable bonds is 2. The number of nitrogens with zero attached hydrogens (tertiary/aromatic N) is 1. The molecule has 1 N–H and O–H groups in total. The first-order chi connectivity index (χ1) is 7.29. The molecule has 0 aliphatic carbocycles. The lowest BCUT2D eigenvalue weighted by Crippen LogP contribution is -2.05. The van der Waals surface area contributed by atoms with Gasteiger partial charge in [0.2, 0.25) is 0 Å². The van der Waals surface area contributed by atoms with Crippen LogP contribution in [0.1, 0.15) is 13.3 Å². The average Bonchev–Trinajstić information content (AvgIpc) is 2.69. The third-order valence-electron chi connectivity index (χ3n) is 2.30. The Kier molecular flexibility index (Phi) is 3.70. The Hall–Kier alpha value is -0.480. The van der Waals surface area contributed by atoms with Crippen LogP contribution in [0, 0.1) is 0 Å². The molecule has 1 atom stereocenters. The Morgan fingerprint density at radius 2 is 2.33 bits per heavy atom. The van der Waals surface area contributed by atoms with E-state index < -0.39 is 0 Å². The van der Waals surface area contributed by atoms with Crippen LogP contribution in [0.15, 0.2) is 33.7 Å². The number of halogens is 1. The average molecular weight is 285 g/mol. The van der Waals surface area contributed by atoms with E-state index in [0.717, 1.165) is 27.5 Å². The van der Waals surface area contributed by atoms with Crippen molar-refractivity contribution in [1.29, 1.82) is 0 Å². The predicted molar refractivity (Wildman–Crippen MR) is 71.7 cm³/mol. The summed E-state index contributed by atoms with van der Waals surface area (Å²) in [5.41, 5.74) is 1.08. The van der Waals surface area contributed by atoms with Gasteiger partial charge in [0.1, 0.15) is 0 Å². The second kappa shape index (κ2) is 5.03. The number of nitrogens with one attached hydrogen (secondary N) is 1. The third kappa shape index (κ3) is 2.75. The summed E-state index contributed by atoms with van der Waals surface area (Å²) in [7, 11) is 0. The van der Waals surface area contributed by atoms with Gasteiger partial charge in [-0.05, 0) is 34.5 Å². The fourth-order valence-corrected chi connectivity index (χ4v) is 2.82. The van der Waals surface area contributed by atoms with Crippen LogP contribution in [0.5, 0.6) is 0 Å². The van der Waals surface area contributed by atoms with Crippen molar-refractivity contribution in [3.05, 3.63) is 28.7 Å². The van der Waals surface area contributed by atoms with Crippen molar-refractivity contribution >= 4 is 38.5 Å². The summed E-state index contributed by atoms with van der Waals surface area (Å²) in [5, 5.41) is 4.38. The molecule has 1 heterocycles. The van der Waals surface area contributed by atoms with Crippen molar-refractivity contribution < 1.29 is 0 Å². The molecule has 15 heavy (non-hydrogen) atoms. The Labute approximate surface area is 103 Å². The molecule has 0 saturated heterocycles. The van der Waals surface area contributed by atoms with E-state index in [1.54, 1.807) is 11.8 Å². The third-order valence-corrected chi connectivity index (χ3v) is 4.02. The molecule has 0 spiro atoms. The van der Waals surface area contributed by atoms with Crippen LogP contribution in [0.2, 0.25) is 0 Å². The Morgan fingerprint density at radius 1 is 1.53 bits per heavy atom. The Morgan fingerprint density at radius 3 is 3.00 bits per heavy atom. The highest BCUT2D eigenvalue weighted by atomic mass is 79.9. The molecule has 0 aromatic heterocycles. The molecule has 80 valence electrons. The standard InChI is InChI=1S/C11H13BrN2S/c1-2-8-7-15-11(13-8)14-10-6-4-3-5-9(10)12/h3-6,8H,2,7H2,1H3,(H,13,14). The first-order valence-corrected chi connectivity index (χ1v) is 6.79. The molecular formula is C11H13BrN2S. The van der Waals surface area contributed by atoms with Crippen LogP contribution in [0.25, 0.3) is 0 Å². The monoisotopic (exact) mass is 284 g/mol. The molecule has 1 unspecified atom stereocenters. The zero-order valence-corrected chi connectivity index (χ0v) is 10.9. The number of hydrogen-bond donors (Lipinski definition) is 1. The van der Waals surface area contributed by atoms with Gasteiger partial charge in [-0.25, -0.2) is 0 Å². The molecule has 1 aromatic carbocycles. The molecule has 1 aliphatic heterocycles. The van der Waals surface area contributed by atoms with Crippen molar-refractivity contribution in [2.75, 3.05) is 11.1 Å². The predicted octanol–water partition coefficient (Wildman–Crippen LogP) is 3.74. The van der Waals surface area contributed by atoms with E-state index in [1.807, 2.05) is 24.3 Å². The number of benzene rings is 1. The second-order valence-electron chi connectivity index (χ2n) is 3.41. The van der Waals surface area contributed by atoms with Gasteiger partial charge in [-0.15, -0.1) is 0 Å². The van der Waals surface area contributed by atoms with Gasteiger partial charge in [0.05, 0.1) is 11.7 Å². The summed E-state index contributed by atoms with van der Waals surface area (Å²) in [6.45, 7) is 2.18. The first-order valence-electron chi connectivity index (χ1n) is 5.01. The summed E-state index contributed by atoms with van der Waals surface area (Å²) in [5.74, 6) is 1.10. The lowest BCUT2D eigenvalue weighted by molar-refractivity contribution is 0.738. The zero-order valence-electron chi connectivity index (χ0n) is 8.53. The topological polar surface area (TPSA) is 24.4 Å². The summed E-state index contributed by atoms with van der Waals surface area (Å²) < 4.78 is 1.08. The Balaban J connectivity index is 2.07. The van der Waals surface area contributed by atoms with E-state index in [0.29, 0.717) is 6.04 Å². The van der Waals surface area contributed by atoms with Gasteiger partial charge in [0.15, 0.2) is 5.17 Å². The molecule has 2 rings (SSSR count). The number of anilines is 1. The minimum atomic E-state index is 0.486. The van der Waals surface area contributed by atoms with Crippen LogP contribution in [0.4, 0.5) is 5.69 Å². The lowest BCUT2D eigenvalue weighted by atomic mass is 10.3. The maximum absolute atomic E-state index is 4.59. The van der Waals surface area contributed by atoms with E-state index in [-0.39, 0.29) is 0 Å². The van der Waals surface area contributed by atoms with Crippen molar-refractivity contribution in [2.45, 2.75) is 19.4 Å². The van der Waals surface area contributed by atoms with E-state index in [4.69, 9.17) is 0 Å². The van der Waals surface area contributed by atoms with Crippen molar-refractivity contribution in [3.63, 3.8) is 0 Å². The van der Waals surface area contributed by atoms with Crippen molar-refractivity contribution in [2.24, 2.45) is 4.99 Å². The quantitative estimate of drug-likeness (QED) is 0.895. The van der Waals surface area contributed by atoms with Crippen LogP contribution in [0.3, 0.4) is 0 Å². The largest absolute Gasteiger partial charge is 0.334 e. The molecule has 1 aromatic rings. The van der Waals surface area contributed by atoms with E-state index in [9.17, 15) is 0 Å². The summed E-state index contributed by atoms with van der Waals surface area (Å²) >= 11 is 5.31. The summed E-state index contributed by atoms with van der Waals surface area (Å²) in [4.78, 5) is 4.59. The van der Waals surface area contributed by atoms with E-state index in [1.165, 1.54) is 0 Å². The van der Waals surface area contributed by atoms with E-state index >= 15 is 0 Å². The number of aliphatic imine (C=N–C) groups is 1. The molecular weight excluding hydrogens is 272 g/mol. The number of para-hydroxylation sites is 1. The summed E-state index contributed by atoms with van der Waals surface area (Å²) in [6, 6.07) is 8.59. The highest BCUT2D eigenvalue weighted by Gasteiger charge is 2.16. The van der Waals surface area contributed by atoms with Crippen LogP contribution < -0.4 is 5.32 Å². The van der Waals surface area contributed by atoms with Gasteiger partial charge >= 0.3 is 0 Å². The van der Waals surface area contributed by atoms with Gasteiger partial charge in [-0.1, -0.05) is 30.8 Å². The SMILES string of the molecule is CCC1CSC(Nc2ccccc2Br)=N1. The van der Waals surface area contributed by atoms with Crippen LogP contribution in [-0.2, 0) is 0 Å².